The smallest absolute Gasteiger partial charge is 0.303 e. The van der Waals surface area contributed by atoms with Gasteiger partial charge in [-0.05, 0) is 67.3 Å². The molecule has 0 amide bonds. The zero-order valence-electron chi connectivity index (χ0n) is 19.0. The molecule has 0 saturated heterocycles. The topological polar surface area (TPSA) is 73.6 Å². The maximum Gasteiger partial charge on any atom is 0.303 e. The van der Waals surface area contributed by atoms with Crippen LogP contribution in [0, 0.1) is 11.7 Å². The van der Waals surface area contributed by atoms with Crippen LogP contribution in [0.25, 0.3) is 5.69 Å². The maximum atomic E-state index is 14.6. The van der Waals surface area contributed by atoms with E-state index in [1.807, 2.05) is 24.3 Å². The van der Waals surface area contributed by atoms with Crippen molar-refractivity contribution >= 4 is 19.5 Å². The van der Waals surface area contributed by atoms with Crippen molar-refractivity contribution in [1.29, 1.82) is 0 Å². The number of aliphatic carboxylic acids is 1. The van der Waals surface area contributed by atoms with Gasteiger partial charge in [-0.3, -0.25) is 4.79 Å². The lowest BCUT2D eigenvalue weighted by Crippen LogP contribution is -2.09. The highest BCUT2D eigenvalue weighted by molar-refractivity contribution is 7.59. The maximum absolute atomic E-state index is 14.6. The lowest BCUT2D eigenvalue weighted by atomic mass is 9.91. The van der Waals surface area contributed by atoms with Gasteiger partial charge in [-0.2, -0.15) is 18.6 Å². The Hall–Kier alpha value is -3.00. The summed E-state index contributed by atoms with van der Waals surface area (Å²) >= 11 is 0. The van der Waals surface area contributed by atoms with Crippen LogP contribution < -0.4 is 9.47 Å². The molecule has 2 saturated carbocycles. The van der Waals surface area contributed by atoms with Crippen LogP contribution in [0.15, 0.2) is 48.7 Å². The summed E-state index contributed by atoms with van der Waals surface area (Å²) < 4.78 is 27.7. The molecular weight excluding hydrogens is 455 g/mol. The van der Waals surface area contributed by atoms with Crippen LogP contribution in [0.2, 0.25) is 0 Å². The van der Waals surface area contributed by atoms with Gasteiger partial charge in [0.1, 0.15) is 29.6 Å². The molecule has 1 atom stereocenters. The Balaban J connectivity index is 0.00000274. The first kappa shape index (κ1) is 24.1. The average Bonchev–Trinajstić information content (AvgIpc) is 3.75. The quantitative estimate of drug-likeness (QED) is 0.408. The predicted molar refractivity (Wildman–Crippen MR) is 131 cm³/mol. The molecule has 1 heterocycles. The number of carboxylic acids is 1. The molecule has 34 heavy (non-hydrogen) atoms. The second kappa shape index (κ2) is 10.1. The molecule has 0 bridgehead atoms. The number of nitrogens with zero attached hydrogens (tertiary/aromatic N) is 2. The van der Waals surface area contributed by atoms with Crippen molar-refractivity contribution in [2.75, 3.05) is 7.11 Å². The van der Waals surface area contributed by atoms with Crippen molar-refractivity contribution in [2.24, 2.45) is 5.92 Å². The summed E-state index contributed by atoms with van der Waals surface area (Å²) in [4.78, 5) is 11.3. The summed E-state index contributed by atoms with van der Waals surface area (Å²) in [6.07, 6.45) is 6.12. The molecule has 0 aliphatic heterocycles. The molecule has 1 N–H and O–H groups in total. The number of carboxylic acid groups (broad SMARTS) is 1. The molecule has 2 aromatic carbocycles. The highest BCUT2D eigenvalue weighted by Gasteiger charge is 2.34. The minimum absolute atomic E-state index is 0. The summed E-state index contributed by atoms with van der Waals surface area (Å²) in [6, 6.07) is 12.4. The summed E-state index contributed by atoms with van der Waals surface area (Å²) in [5.74, 6) is 0.934. The second-order valence-corrected chi connectivity index (χ2v) is 8.96. The van der Waals surface area contributed by atoms with Crippen molar-refractivity contribution in [1.82, 2.24) is 9.78 Å². The highest BCUT2D eigenvalue weighted by atomic mass is 32.1. The third kappa shape index (κ3) is 5.22. The van der Waals surface area contributed by atoms with Gasteiger partial charge < -0.3 is 14.6 Å². The van der Waals surface area contributed by atoms with Crippen LogP contribution in [0.1, 0.15) is 60.8 Å². The van der Waals surface area contributed by atoms with Crippen LogP contribution in [0.3, 0.4) is 0 Å². The van der Waals surface area contributed by atoms with Crippen LogP contribution in [0.4, 0.5) is 4.39 Å². The Morgan fingerprint density at radius 1 is 1.18 bits per heavy atom. The first-order valence-electron chi connectivity index (χ1n) is 11.4. The van der Waals surface area contributed by atoms with Crippen molar-refractivity contribution in [3.8, 4) is 17.2 Å². The van der Waals surface area contributed by atoms with E-state index in [4.69, 9.17) is 9.47 Å². The van der Waals surface area contributed by atoms with E-state index in [1.54, 1.807) is 30.1 Å². The van der Waals surface area contributed by atoms with Crippen molar-refractivity contribution in [3.63, 3.8) is 0 Å². The molecule has 6 nitrogen and oxygen atoms in total. The summed E-state index contributed by atoms with van der Waals surface area (Å²) in [5.41, 5.74) is 3.27. The second-order valence-electron chi connectivity index (χ2n) is 8.96. The van der Waals surface area contributed by atoms with Gasteiger partial charge in [0.05, 0.1) is 25.4 Å². The first-order valence-corrected chi connectivity index (χ1v) is 11.4. The van der Waals surface area contributed by atoms with Crippen molar-refractivity contribution < 1.29 is 23.8 Å². The van der Waals surface area contributed by atoms with Gasteiger partial charge in [-0.15, -0.1) is 0 Å². The highest BCUT2D eigenvalue weighted by Crippen LogP contribution is 2.45. The standard InChI is InChI=1S/C26H27FN2O4.H2S/c1-32-20-9-10-23(27)24(12-20)29-26(17-7-8-17)19(14-28-29)15-33-21-4-2-3-18(11-21)22(13-25(30)31)16-5-6-16;/h2-4,9-12,14,16-17,22H,5-8,13,15H2,1H3,(H,30,31);1H2/t22-;/m0./s1. The largest absolute Gasteiger partial charge is 0.497 e. The summed E-state index contributed by atoms with van der Waals surface area (Å²) in [7, 11) is 1.56. The van der Waals surface area contributed by atoms with Gasteiger partial charge in [-0.25, -0.2) is 9.07 Å². The van der Waals surface area contributed by atoms with Gasteiger partial charge in [0.25, 0.3) is 0 Å². The third-order valence-corrected chi connectivity index (χ3v) is 6.50. The van der Waals surface area contributed by atoms with E-state index in [1.165, 1.54) is 6.07 Å². The van der Waals surface area contributed by atoms with E-state index < -0.39 is 5.97 Å². The molecule has 2 fully saturated rings. The van der Waals surface area contributed by atoms with Crippen molar-refractivity contribution in [2.45, 2.75) is 50.5 Å². The van der Waals surface area contributed by atoms with Gasteiger partial charge in [0.15, 0.2) is 0 Å². The zero-order chi connectivity index (χ0) is 22.9. The molecular formula is C26H29FN2O4S. The molecule has 8 heteroatoms. The van der Waals surface area contributed by atoms with Crippen LogP contribution in [0.5, 0.6) is 11.5 Å². The SMILES string of the molecule is COc1ccc(F)c(-n2ncc(COc3cccc([C@@H](CC(=O)O)C4CC4)c3)c2C2CC2)c1.S. The average molecular weight is 485 g/mol. The fourth-order valence-corrected chi connectivity index (χ4v) is 4.51. The number of rotatable bonds is 10. The molecule has 2 aliphatic rings. The minimum atomic E-state index is -0.774. The van der Waals surface area contributed by atoms with Gasteiger partial charge >= 0.3 is 5.97 Å². The number of ether oxygens (including phenoxy) is 2. The molecule has 0 spiro atoms. The lowest BCUT2D eigenvalue weighted by molar-refractivity contribution is -0.137. The van der Waals surface area contributed by atoms with Gasteiger partial charge in [-0.1, -0.05) is 12.1 Å². The number of benzene rings is 2. The van der Waals surface area contributed by atoms with Crippen LogP contribution in [-0.4, -0.2) is 28.0 Å². The Bertz CT molecular complexity index is 1170. The number of carbonyl (C=O) groups is 1. The third-order valence-electron chi connectivity index (χ3n) is 6.50. The van der Waals surface area contributed by atoms with Crippen LogP contribution >= 0.6 is 13.5 Å². The number of hydrogen-bond acceptors (Lipinski definition) is 4. The molecule has 0 radical (unpaired) electrons. The van der Waals surface area contributed by atoms with E-state index in [0.717, 1.165) is 42.5 Å². The Morgan fingerprint density at radius 3 is 2.65 bits per heavy atom. The lowest BCUT2D eigenvalue weighted by Gasteiger charge is -2.16. The molecule has 2 aliphatic carbocycles. The molecule has 0 unspecified atom stereocenters. The Labute approximate surface area is 205 Å². The first-order chi connectivity index (χ1) is 16.0. The molecule has 1 aromatic heterocycles. The van der Waals surface area contributed by atoms with Crippen LogP contribution in [-0.2, 0) is 11.4 Å². The summed E-state index contributed by atoms with van der Waals surface area (Å²) in [6.45, 7) is 0.313. The van der Waals surface area contributed by atoms with E-state index in [9.17, 15) is 14.3 Å². The zero-order valence-corrected chi connectivity index (χ0v) is 20.0. The molecule has 180 valence electrons. The number of methoxy groups -OCH3 is 1. The number of hydrogen-bond donors (Lipinski definition) is 1. The number of halogens is 1. The number of aromatic nitrogens is 2. The predicted octanol–water partition coefficient (Wildman–Crippen LogP) is 5.56. The van der Waals surface area contributed by atoms with E-state index in [-0.39, 0.29) is 31.7 Å². The Morgan fingerprint density at radius 2 is 1.97 bits per heavy atom. The van der Waals surface area contributed by atoms with E-state index >= 15 is 0 Å². The van der Waals surface area contributed by atoms with E-state index in [0.29, 0.717) is 35.6 Å². The fourth-order valence-electron chi connectivity index (χ4n) is 4.51. The Kier molecular flexibility index (Phi) is 7.16. The molecule has 3 aromatic rings. The van der Waals surface area contributed by atoms with Gasteiger partial charge in [0.2, 0.25) is 0 Å². The van der Waals surface area contributed by atoms with Gasteiger partial charge in [0, 0.05) is 17.5 Å². The minimum Gasteiger partial charge on any atom is -0.497 e. The molecule has 5 rings (SSSR count). The fraction of sp³-hybridized carbons (Fsp3) is 0.385. The summed E-state index contributed by atoms with van der Waals surface area (Å²) in [5, 5.41) is 13.8. The van der Waals surface area contributed by atoms with Crippen molar-refractivity contribution in [3.05, 3.63) is 71.3 Å². The monoisotopic (exact) mass is 484 g/mol. The normalized spacial score (nSPS) is 15.9. The van der Waals surface area contributed by atoms with E-state index in [2.05, 4.69) is 5.10 Å².